The van der Waals surface area contributed by atoms with Crippen LogP contribution < -0.4 is 0 Å². The molecule has 0 saturated carbocycles. The van der Waals surface area contributed by atoms with E-state index in [0.29, 0.717) is 5.92 Å². The summed E-state index contributed by atoms with van der Waals surface area (Å²) < 4.78 is 6.36. The lowest BCUT2D eigenvalue weighted by Crippen LogP contribution is -2.21. The summed E-state index contributed by atoms with van der Waals surface area (Å²) in [6.45, 7) is 7.58. The first kappa shape index (κ1) is 11.9. The second-order valence-electron chi connectivity index (χ2n) is 2.78. The van der Waals surface area contributed by atoms with Crippen LogP contribution in [-0.4, -0.2) is 15.5 Å². The third-order valence-corrected chi connectivity index (χ3v) is 3.04. The summed E-state index contributed by atoms with van der Waals surface area (Å²) in [5.41, 5.74) is 0. The van der Waals surface area contributed by atoms with E-state index < -0.39 is 0 Å². The second-order valence-corrected chi connectivity index (χ2v) is 4.42. The fourth-order valence-corrected chi connectivity index (χ4v) is 1.90. The Hall–Kier alpha value is 0.930. The van der Waals surface area contributed by atoms with Crippen molar-refractivity contribution in [3.05, 3.63) is 0 Å². The molecule has 2 nitrogen and oxygen atoms in total. The molecule has 66 valence electrons. The van der Waals surface area contributed by atoms with Crippen LogP contribution in [0.25, 0.3) is 0 Å². The zero-order valence-corrected chi connectivity index (χ0v) is 11.5. The molecule has 0 heterocycles. The molecule has 0 unspecified atom stereocenters. The van der Waals surface area contributed by atoms with Gasteiger partial charge < -0.3 is 3.11 Å². The first-order chi connectivity index (χ1) is 5.11. The minimum Gasteiger partial charge on any atom is -0.303 e. The zero-order valence-electron chi connectivity index (χ0n) is 7.14. The zero-order chi connectivity index (χ0) is 8.85. The van der Waals surface area contributed by atoms with E-state index >= 15 is 0 Å². The quantitative estimate of drug-likeness (QED) is 0.317. The Bertz CT molecular complexity index is 134. The van der Waals surface area contributed by atoms with Crippen molar-refractivity contribution in [3.8, 4) is 0 Å². The van der Waals surface area contributed by atoms with Crippen LogP contribution in [0.2, 0.25) is 0 Å². The van der Waals surface area contributed by atoms with Crippen molar-refractivity contribution >= 4 is 51.6 Å². The number of amidine groups is 1. The predicted octanol–water partition coefficient (Wildman–Crippen LogP) is 3.45. The molecule has 0 aliphatic rings. The summed E-state index contributed by atoms with van der Waals surface area (Å²) in [5, 5.41) is 0. The molecule has 0 bridgehead atoms. The van der Waals surface area contributed by atoms with Gasteiger partial charge in [0, 0.05) is 13.0 Å². The van der Waals surface area contributed by atoms with Crippen LogP contribution in [-0.2, 0) is 0 Å². The highest BCUT2D eigenvalue weighted by atomic mass is 127. The third-order valence-electron chi connectivity index (χ3n) is 1.25. The van der Waals surface area contributed by atoms with Gasteiger partial charge in [-0.25, -0.2) is 3.21 Å². The highest BCUT2D eigenvalue weighted by Gasteiger charge is 2.07. The van der Waals surface area contributed by atoms with E-state index in [2.05, 4.69) is 72.8 Å². The molecule has 0 aliphatic heterocycles. The summed E-state index contributed by atoms with van der Waals surface area (Å²) in [6.07, 6.45) is 1.07. The van der Waals surface area contributed by atoms with Crippen molar-refractivity contribution in [2.45, 2.75) is 27.2 Å². The fraction of sp³-hybridized carbons (Fsp3) is 0.857. The van der Waals surface area contributed by atoms with Crippen molar-refractivity contribution < 1.29 is 0 Å². The minimum absolute atomic E-state index is 0.687. The van der Waals surface area contributed by atoms with Gasteiger partial charge in [-0.3, -0.25) is 0 Å². The van der Waals surface area contributed by atoms with Gasteiger partial charge in [0.2, 0.25) is 0 Å². The summed E-state index contributed by atoms with van der Waals surface area (Å²) in [6, 6.07) is 0. The Balaban J connectivity index is 3.97. The number of halogens is 2. The predicted molar refractivity (Wildman–Crippen MR) is 67.3 cm³/mol. The van der Waals surface area contributed by atoms with E-state index in [-0.39, 0.29) is 0 Å². The van der Waals surface area contributed by atoms with Gasteiger partial charge in [0.1, 0.15) is 5.84 Å². The van der Waals surface area contributed by atoms with Crippen molar-refractivity contribution in [3.63, 3.8) is 0 Å². The van der Waals surface area contributed by atoms with E-state index in [0.717, 1.165) is 13.0 Å². The fourth-order valence-electron chi connectivity index (χ4n) is 0.722. The molecule has 0 amide bonds. The van der Waals surface area contributed by atoms with Crippen molar-refractivity contribution in [1.29, 1.82) is 0 Å². The third kappa shape index (κ3) is 5.21. The monoisotopic (exact) mass is 380 g/mol. The molecule has 0 rings (SSSR count). The molecule has 0 fully saturated rings. The Morgan fingerprint density at radius 3 is 2.36 bits per heavy atom. The molecule has 0 N–H and O–H groups in total. The molecule has 0 aromatic heterocycles. The molecular formula is C7H14I2N2. The van der Waals surface area contributed by atoms with Crippen molar-refractivity contribution in [2.24, 2.45) is 9.12 Å². The Labute approximate surface area is 96.8 Å². The standard InChI is InChI=1S/C7H14I2N2/c1-4-11(9)7(10-8)5-6(2)3/h6H,4-5H2,1-3H3. The number of nitrogens with zero attached hydrogens (tertiary/aromatic N) is 2. The first-order valence-electron chi connectivity index (χ1n) is 3.73. The van der Waals surface area contributed by atoms with E-state index in [4.69, 9.17) is 0 Å². The summed E-state index contributed by atoms with van der Waals surface area (Å²) in [4.78, 5) is 0. The van der Waals surface area contributed by atoms with Gasteiger partial charge in [0.15, 0.2) is 0 Å². The molecule has 0 saturated heterocycles. The molecule has 0 radical (unpaired) electrons. The lowest BCUT2D eigenvalue weighted by molar-refractivity contribution is 0.638. The smallest absolute Gasteiger partial charge is 0.120 e. The van der Waals surface area contributed by atoms with Crippen LogP contribution in [0.15, 0.2) is 3.21 Å². The van der Waals surface area contributed by atoms with E-state index in [1.807, 2.05) is 0 Å². The lowest BCUT2D eigenvalue weighted by Gasteiger charge is -2.16. The average Bonchev–Trinajstić information content (AvgIpc) is 1.98. The normalized spacial score (nSPS) is 12.4. The van der Waals surface area contributed by atoms with Crippen LogP contribution >= 0.6 is 45.7 Å². The van der Waals surface area contributed by atoms with E-state index in [1.54, 1.807) is 0 Å². The van der Waals surface area contributed by atoms with Gasteiger partial charge in [-0.15, -0.1) is 0 Å². The SMILES string of the molecule is CCN(I)C(CC(C)C)=NI. The summed E-state index contributed by atoms with van der Waals surface area (Å²) in [7, 11) is 0. The molecule has 4 heteroatoms. The minimum atomic E-state index is 0.687. The molecular weight excluding hydrogens is 366 g/mol. The van der Waals surface area contributed by atoms with E-state index in [1.165, 1.54) is 5.84 Å². The topological polar surface area (TPSA) is 15.6 Å². The first-order valence-corrected chi connectivity index (χ1v) is 5.65. The van der Waals surface area contributed by atoms with Crippen LogP contribution in [0.1, 0.15) is 27.2 Å². The van der Waals surface area contributed by atoms with Gasteiger partial charge >= 0.3 is 0 Å². The van der Waals surface area contributed by atoms with Crippen LogP contribution in [0.4, 0.5) is 0 Å². The average molecular weight is 380 g/mol. The highest BCUT2D eigenvalue weighted by molar-refractivity contribution is 14.1. The Kier molecular flexibility index (Phi) is 6.99. The molecule has 11 heavy (non-hydrogen) atoms. The van der Waals surface area contributed by atoms with E-state index in [9.17, 15) is 0 Å². The molecule has 0 aromatic rings. The lowest BCUT2D eigenvalue weighted by atomic mass is 10.1. The number of hydrogen-bond donors (Lipinski definition) is 0. The molecule has 0 aliphatic carbocycles. The maximum atomic E-state index is 4.20. The Morgan fingerprint density at radius 2 is 2.09 bits per heavy atom. The number of hydrogen-bond acceptors (Lipinski definition) is 1. The van der Waals surface area contributed by atoms with Crippen LogP contribution in [0, 0.1) is 5.92 Å². The van der Waals surface area contributed by atoms with Gasteiger partial charge in [-0.1, -0.05) is 13.8 Å². The highest BCUT2D eigenvalue weighted by Crippen LogP contribution is 2.11. The summed E-state index contributed by atoms with van der Waals surface area (Å²) >= 11 is 4.36. The van der Waals surface area contributed by atoms with Gasteiger partial charge in [0.05, 0.1) is 45.7 Å². The number of rotatable bonds is 3. The van der Waals surface area contributed by atoms with Gasteiger partial charge in [-0.2, -0.15) is 0 Å². The maximum Gasteiger partial charge on any atom is 0.120 e. The molecule has 0 spiro atoms. The van der Waals surface area contributed by atoms with Crippen molar-refractivity contribution in [2.75, 3.05) is 6.54 Å². The maximum absolute atomic E-state index is 4.20. The molecule has 0 aromatic carbocycles. The van der Waals surface area contributed by atoms with Crippen molar-refractivity contribution in [1.82, 2.24) is 3.11 Å². The largest absolute Gasteiger partial charge is 0.303 e. The summed E-state index contributed by atoms with van der Waals surface area (Å²) in [5.74, 6) is 1.87. The molecule has 0 atom stereocenters. The van der Waals surface area contributed by atoms with Crippen LogP contribution in [0.3, 0.4) is 0 Å². The van der Waals surface area contributed by atoms with Crippen LogP contribution in [0.5, 0.6) is 0 Å². The van der Waals surface area contributed by atoms with Gasteiger partial charge in [-0.05, 0) is 12.8 Å². The Morgan fingerprint density at radius 1 is 1.55 bits per heavy atom. The van der Waals surface area contributed by atoms with Gasteiger partial charge in [0.25, 0.3) is 0 Å². The second kappa shape index (κ2) is 6.45.